The molecule has 1 aliphatic carbocycles. The normalized spacial score (nSPS) is 19.9. The lowest BCUT2D eigenvalue weighted by Crippen LogP contribution is -2.56. The quantitative estimate of drug-likeness (QED) is 0.526. The summed E-state index contributed by atoms with van der Waals surface area (Å²) in [5.41, 5.74) is 0. The number of carbonyl (C=O) groups is 1. The number of thioether (sulfide) groups is 1. The number of aryl methyl sites for hydroxylation is 1. The van der Waals surface area contributed by atoms with Crippen LogP contribution in [0.5, 0.6) is 0 Å². The Labute approximate surface area is 133 Å². The fraction of sp³-hybridized carbons (Fsp3) is 0.750. The van der Waals surface area contributed by atoms with E-state index in [1.165, 1.54) is 16.1 Å². The molecule has 3 rings (SSSR count). The van der Waals surface area contributed by atoms with Crippen molar-refractivity contribution >= 4 is 27.7 Å². The van der Waals surface area contributed by atoms with Gasteiger partial charge in [-0.25, -0.2) is 8.42 Å². The van der Waals surface area contributed by atoms with E-state index in [4.69, 9.17) is 0 Å². The van der Waals surface area contributed by atoms with Crippen LogP contribution in [0.4, 0.5) is 0 Å². The Morgan fingerprint density at radius 1 is 1.45 bits per heavy atom. The summed E-state index contributed by atoms with van der Waals surface area (Å²) in [5, 5.41) is 11.2. The van der Waals surface area contributed by atoms with E-state index in [0.29, 0.717) is 25.4 Å². The van der Waals surface area contributed by atoms with E-state index >= 15 is 0 Å². The van der Waals surface area contributed by atoms with Gasteiger partial charge in [-0.05, 0) is 12.8 Å². The summed E-state index contributed by atoms with van der Waals surface area (Å²) in [6.45, 7) is 1.17. The SMILES string of the molecule is Cn1cnnc1SCCNC(=O)C1CN(S(=O)(=O)C2CC2)C1. The van der Waals surface area contributed by atoms with Gasteiger partial charge in [-0.3, -0.25) is 4.79 Å². The van der Waals surface area contributed by atoms with Crippen molar-refractivity contribution < 1.29 is 13.2 Å². The van der Waals surface area contributed by atoms with Gasteiger partial charge in [-0.15, -0.1) is 10.2 Å². The summed E-state index contributed by atoms with van der Waals surface area (Å²) in [6.07, 6.45) is 3.15. The highest BCUT2D eigenvalue weighted by Crippen LogP contribution is 2.34. The van der Waals surface area contributed by atoms with Crippen molar-refractivity contribution in [3.05, 3.63) is 6.33 Å². The molecule has 2 heterocycles. The number of nitrogens with zero attached hydrogens (tertiary/aromatic N) is 4. The van der Waals surface area contributed by atoms with Crippen molar-refractivity contribution in [1.29, 1.82) is 0 Å². The summed E-state index contributed by atoms with van der Waals surface area (Å²) in [7, 11) is -1.26. The molecule has 0 spiro atoms. The van der Waals surface area contributed by atoms with E-state index in [1.807, 2.05) is 11.6 Å². The van der Waals surface area contributed by atoms with Crippen molar-refractivity contribution in [1.82, 2.24) is 24.4 Å². The Hall–Kier alpha value is -1.13. The second kappa shape index (κ2) is 6.17. The lowest BCUT2D eigenvalue weighted by Gasteiger charge is -2.37. The Morgan fingerprint density at radius 3 is 2.77 bits per heavy atom. The van der Waals surface area contributed by atoms with Crippen LogP contribution in [0.25, 0.3) is 0 Å². The maximum absolute atomic E-state index is 11.9. The van der Waals surface area contributed by atoms with Crippen LogP contribution in [0.15, 0.2) is 11.5 Å². The lowest BCUT2D eigenvalue weighted by atomic mass is 10.0. The second-order valence-corrected chi connectivity index (χ2v) is 8.90. The van der Waals surface area contributed by atoms with Crippen molar-refractivity contribution in [2.24, 2.45) is 13.0 Å². The predicted octanol–water partition coefficient (Wildman–Crippen LogP) is -0.553. The third-order valence-corrected chi connectivity index (χ3v) is 7.19. The first-order valence-corrected chi connectivity index (χ1v) is 9.71. The first-order chi connectivity index (χ1) is 10.5. The van der Waals surface area contributed by atoms with Crippen LogP contribution in [-0.4, -0.2) is 64.0 Å². The zero-order valence-corrected chi connectivity index (χ0v) is 13.9. The summed E-state index contributed by atoms with van der Waals surface area (Å²) < 4.78 is 27.1. The van der Waals surface area contributed by atoms with Gasteiger partial charge in [0.05, 0.1) is 11.2 Å². The smallest absolute Gasteiger partial charge is 0.225 e. The molecule has 10 heteroatoms. The zero-order chi connectivity index (χ0) is 15.7. The molecule has 1 saturated heterocycles. The van der Waals surface area contributed by atoms with Gasteiger partial charge in [0.25, 0.3) is 0 Å². The van der Waals surface area contributed by atoms with Gasteiger partial charge < -0.3 is 9.88 Å². The van der Waals surface area contributed by atoms with Crippen molar-refractivity contribution in [2.75, 3.05) is 25.4 Å². The predicted molar refractivity (Wildman–Crippen MR) is 81.7 cm³/mol. The van der Waals surface area contributed by atoms with Gasteiger partial charge in [-0.2, -0.15) is 4.31 Å². The molecule has 1 aromatic heterocycles. The molecule has 2 fully saturated rings. The standard InChI is InChI=1S/C12H19N5O3S2/c1-16-8-14-15-12(16)21-5-4-13-11(18)9-6-17(7-9)22(19,20)10-2-3-10/h8-10H,2-7H2,1H3,(H,13,18). The third-order valence-electron chi connectivity index (χ3n) is 3.83. The second-order valence-electron chi connectivity index (χ2n) is 5.62. The maximum atomic E-state index is 11.9. The molecule has 8 nitrogen and oxygen atoms in total. The molecular weight excluding hydrogens is 326 g/mol. The van der Waals surface area contributed by atoms with Crippen LogP contribution in [0.2, 0.25) is 0 Å². The number of sulfonamides is 1. The maximum Gasteiger partial charge on any atom is 0.225 e. The fourth-order valence-corrected chi connectivity index (χ4v) is 4.92. The van der Waals surface area contributed by atoms with Crippen LogP contribution in [0.1, 0.15) is 12.8 Å². The highest BCUT2D eigenvalue weighted by Gasteiger charge is 2.46. The summed E-state index contributed by atoms with van der Waals surface area (Å²) in [4.78, 5) is 11.9. The van der Waals surface area contributed by atoms with E-state index in [1.54, 1.807) is 6.33 Å². The van der Waals surface area contributed by atoms with Gasteiger partial charge in [-0.1, -0.05) is 11.8 Å². The van der Waals surface area contributed by atoms with Crippen LogP contribution >= 0.6 is 11.8 Å². The molecule has 1 saturated carbocycles. The fourth-order valence-electron chi connectivity index (χ4n) is 2.25. The molecule has 22 heavy (non-hydrogen) atoms. The number of rotatable bonds is 7. The monoisotopic (exact) mass is 345 g/mol. The van der Waals surface area contributed by atoms with Crippen molar-refractivity contribution in [3.63, 3.8) is 0 Å². The number of hydrogen-bond acceptors (Lipinski definition) is 6. The molecule has 2 aliphatic rings. The van der Waals surface area contributed by atoms with Gasteiger partial charge in [0.2, 0.25) is 15.9 Å². The van der Waals surface area contributed by atoms with Crippen LogP contribution < -0.4 is 5.32 Å². The van der Waals surface area contributed by atoms with Gasteiger partial charge in [0, 0.05) is 32.4 Å². The minimum atomic E-state index is -3.12. The number of aromatic nitrogens is 3. The molecule has 1 N–H and O–H groups in total. The molecule has 0 aromatic carbocycles. The van der Waals surface area contributed by atoms with E-state index < -0.39 is 10.0 Å². The molecule has 1 aromatic rings. The van der Waals surface area contributed by atoms with Gasteiger partial charge in [0.15, 0.2) is 5.16 Å². The first-order valence-electron chi connectivity index (χ1n) is 7.22. The van der Waals surface area contributed by atoms with E-state index in [9.17, 15) is 13.2 Å². The highest BCUT2D eigenvalue weighted by molar-refractivity contribution is 7.99. The molecule has 0 atom stereocenters. The summed E-state index contributed by atoms with van der Waals surface area (Å²) in [5.74, 6) is 0.420. The van der Waals surface area contributed by atoms with E-state index in [2.05, 4.69) is 15.5 Å². The minimum absolute atomic E-state index is 0.0687. The first kappa shape index (κ1) is 15.8. The van der Waals surface area contributed by atoms with Gasteiger partial charge >= 0.3 is 0 Å². The topological polar surface area (TPSA) is 97.2 Å². The average Bonchev–Trinajstić information content (AvgIpc) is 3.18. The third kappa shape index (κ3) is 3.28. The number of carbonyl (C=O) groups excluding carboxylic acids is 1. The van der Waals surface area contributed by atoms with E-state index in [0.717, 1.165) is 18.0 Å². The van der Waals surface area contributed by atoms with Crippen molar-refractivity contribution in [3.8, 4) is 0 Å². The van der Waals surface area contributed by atoms with Crippen molar-refractivity contribution in [2.45, 2.75) is 23.2 Å². The molecular formula is C12H19N5O3S2. The lowest BCUT2D eigenvalue weighted by molar-refractivity contribution is -0.128. The Morgan fingerprint density at radius 2 is 2.18 bits per heavy atom. The summed E-state index contributed by atoms with van der Waals surface area (Å²) in [6, 6.07) is 0. The number of nitrogens with one attached hydrogen (secondary N) is 1. The molecule has 0 unspecified atom stereocenters. The summed E-state index contributed by atoms with van der Waals surface area (Å²) >= 11 is 1.52. The Balaban J connectivity index is 1.35. The molecule has 122 valence electrons. The number of amides is 1. The van der Waals surface area contributed by atoms with Crippen LogP contribution in [0, 0.1) is 5.92 Å². The highest BCUT2D eigenvalue weighted by atomic mass is 32.2. The molecule has 0 bridgehead atoms. The van der Waals surface area contributed by atoms with Gasteiger partial charge in [0.1, 0.15) is 6.33 Å². The molecule has 1 aliphatic heterocycles. The molecule has 1 amide bonds. The minimum Gasteiger partial charge on any atom is -0.355 e. The van der Waals surface area contributed by atoms with Crippen LogP contribution in [0.3, 0.4) is 0 Å². The largest absolute Gasteiger partial charge is 0.355 e. The van der Waals surface area contributed by atoms with E-state index in [-0.39, 0.29) is 17.1 Å². The number of hydrogen-bond donors (Lipinski definition) is 1. The zero-order valence-electron chi connectivity index (χ0n) is 12.3. The Bertz CT molecular complexity index is 649. The van der Waals surface area contributed by atoms with Crippen LogP contribution in [-0.2, 0) is 21.9 Å². The average molecular weight is 345 g/mol. The molecule has 0 radical (unpaired) electrons. The Kier molecular flexibility index (Phi) is 4.42.